The van der Waals surface area contributed by atoms with Crippen LogP contribution in [0.4, 0.5) is 0 Å². The number of amides is 1. The molecule has 8 nitrogen and oxygen atoms in total. The molecule has 0 radical (unpaired) electrons. The van der Waals surface area contributed by atoms with Crippen LogP contribution < -0.4 is 0 Å². The summed E-state index contributed by atoms with van der Waals surface area (Å²) in [6.07, 6.45) is 6.40. The molecule has 1 aliphatic heterocycles. The Morgan fingerprint density at radius 1 is 1.03 bits per heavy atom. The van der Waals surface area contributed by atoms with Crippen LogP contribution in [-0.2, 0) is 43.8 Å². The molecule has 4 heterocycles. The number of benzene rings is 1. The average molecular weight is 512 g/mol. The lowest BCUT2D eigenvalue weighted by Gasteiger charge is -2.35. The van der Waals surface area contributed by atoms with E-state index in [1.165, 1.54) is 5.06 Å². The molecule has 1 unspecified atom stereocenters. The SMILES string of the molecule is Cn1cc(C2=C(c3c4c(n5ccccc35)CC(N(C=O)OC(C)(C)C)CC4)C(=O)OC2=O)c2ccccc21. The zero-order chi connectivity index (χ0) is 26.8. The molecule has 2 aliphatic rings. The molecule has 194 valence electrons. The molecule has 3 aromatic heterocycles. The largest absolute Gasteiger partial charge is 0.386 e. The minimum absolute atomic E-state index is 0.158. The molecular formula is C30H29N3O5. The van der Waals surface area contributed by atoms with E-state index >= 15 is 0 Å². The minimum atomic E-state index is -0.634. The van der Waals surface area contributed by atoms with E-state index in [-0.39, 0.29) is 6.04 Å². The Balaban J connectivity index is 1.56. The number of esters is 2. The van der Waals surface area contributed by atoms with Gasteiger partial charge in [-0.1, -0.05) is 24.3 Å². The van der Waals surface area contributed by atoms with Gasteiger partial charge in [-0.3, -0.25) is 9.63 Å². The fourth-order valence-corrected chi connectivity index (χ4v) is 5.85. The molecule has 0 N–H and O–H groups in total. The van der Waals surface area contributed by atoms with Gasteiger partial charge in [-0.25, -0.2) is 14.7 Å². The van der Waals surface area contributed by atoms with Crippen LogP contribution in [0.3, 0.4) is 0 Å². The zero-order valence-corrected chi connectivity index (χ0v) is 21.9. The van der Waals surface area contributed by atoms with Crippen molar-refractivity contribution in [2.45, 2.75) is 51.7 Å². The molecule has 38 heavy (non-hydrogen) atoms. The van der Waals surface area contributed by atoms with Crippen molar-refractivity contribution in [1.82, 2.24) is 14.0 Å². The number of hydroxylamine groups is 2. The highest BCUT2D eigenvalue weighted by molar-refractivity contribution is 6.46. The van der Waals surface area contributed by atoms with Crippen molar-refractivity contribution in [3.8, 4) is 0 Å². The van der Waals surface area contributed by atoms with E-state index in [2.05, 4.69) is 4.40 Å². The number of rotatable bonds is 5. The molecular weight excluding hydrogens is 482 g/mol. The molecule has 1 aliphatic carbocycles. The second-order valence-corrected chi connectivity index (χ2v) is 10.9. The number of hydrogen-bond donors (Lipinski definition) is 0. The molecule has 0 fully saturated rings. The zero-order valence-electron chi connectivity index (χ0n) is 21.9. The van der Waals surface area contributed by atoms with Gasteiger partial charge in [-0.15, -0.1) is 0 Å². The highest BCUT2D eigenvalue weighted by Crippen LogP contribution is 2.43. The minimum Gasteiger partial charge on any atom is -0.386 e. The Morgan fingerprint density at radius 3 is 2.50 bits per heavy atom. The van der Waals surface area contributed by atoms with Crippen molar-refractivity contribution in [3.05, 3.63) is 77.2 Å². The van der Waals surface area contributed by atoms with E-state index in [4.69, 9.17) is 9.57 Å². The molecule has 4 aromatic rings. The topological polar surface area (TPSA) is 82.2 Å². The fourth-order valence-electron chi connectivity index (χ4n) is 5.85. The number of fused-ring (bicyclic) bond motifs is 4. The van der Waals surface area contributed by atoms with Crippen LogP contribution in [0.1, 0.15) is 49.6 Å². The predicted octanol–water partition coefficient (Wildman–Crippen LogP) is 4.47. The van der Waals surface area contributed by atoms with E-state index < -0.39 is 17.5 Å². The third kappa shape index (κ3) is 3.75. The summed E-state index contributed by atoms with van der Waals surface area (Å²) in [7, 11) is 1.92. The summed E-state index contributed by atoms with van der Waals surface area (Å²) in [5.41, 5.74) is 5.25. The number of cyclic esters (lactones) is 2. The van der Waals surface area contributed by atoms with Gasteiger partial charge in [0.25, 0.3) is 0 Å². The van der Waals surface area contributed by atoms with Crippen molar-refractivity contribution in [3.63, 3.8) is 0 Å². The van der Waals surface area contributed by atoms with Gasteiger partial charge in [0.1, 0.15) is 0 Å². The number of nitrogens with zero attached hydrogens (tertiary/aromatic N) is 3. The van der Waals surface area contributed by atoms with E-state index in [0.717, 1.165) is 39.7 Å². The first-order valence-corrected chi connectivity index (χ1v) is 12.8. The van der Waals surface area contributed by atoms with E-state index in [9.17, 15) is 14.4 Å². The summed E-state index contributed by atoms with van der Waals surface area (Å²) >= 11 is 0. The summed E-state index contributed by atoms with van der Waals surface area (Å²) in [4.78, 5) is 44.4. The third-order valence-corrected chi connectivity index (χ3v) is 7.32. The maximum atomic E-state index is 13.3. The standard InChI is InChI=1S/C30H29N3O5/c1-30(2,3)38-33(17-34)18-12-13-20-24(15-18)32-14-8-7-11-23(32)25(20)27-26(28(35)37-29(27)36)21-16-31(4)22-10-6-5-9-19(21)22/h5-11,14,16-18H,12-13,15H2,1-4H3. The van der Waals surface area contributed by atoms with Crippen molar-refractivity contribution in [1.29, 1.82) is 0 Å². The van der Waals surface area contributed by atoms with Gasteiger partial charge in [0.2, 0.25) is 6.41 Å². The maximum absolute atomic E-state index is 13.3. The van der Waals surface area contributed by atoms with E-state index in [0.29, 0.717) is 36.0 Å². The lowest BCUT2D eigenvalue weighted by atomic mass is 9.87. The monoisotopic (exact) mass is 511 g/mol. The Labute approximate surface area is 220 Å². The van der Waals surface area contributed by atoms with Crippen molar-refractivity contribution in [2.75, 3.05) is 0 Å². The smallest absolute Gasteiger partial charge is 0.347 e. The number of pyridine rings is 1. The maximum Gasteiger partial charge on any atom is 0.347 e. The Morgan fingerprint density at radius 2 is 1.74 bits per heavy atom. The first-order valence-electron chi connectivity index (χ1n) is 12.8. The summed E-state index contributed by atoms with van der Waals surface area (Å²) in [5.74, 6) is -1.27. The summed E-state index contributed by atoms with van der Waals surface area (Å²) in [6, 6.07) is 13.4. The Bertz CT molecular complexity index is 1670. The van der Waals surface area contributed by atoms with E-state index in [1.54, 1.807) is 0 Å². The number of carbonyl (C=O) groups excluding carboxylic acids is 3. The van der Waals surface area contributed by atoms with Gasteiger partial charge in [0.05, 0.1) is 28.3 Å². The van der Waals surface area contributed by atoms with Crippen LogP contribution in [0.2, 0.25) is 0 Å². The molecule has 1 amide bonds. The molecule has 6 rings (SSSR count). The summed E-state index contributed by atoms with van der Waals surface area (Å²) < 4.78 is 9.26. The molecule has 0 spiro atoms. The van der Waals surface area contributed by atoms with Gasteiger partial charge >= 0.3 is 11.9 Å². The Hall–Kier alpha value is -4.17. The van der Waals surface area contributed by atoms with Crippen LogP contribution >= 0.6 is 0 Å². The fraction of sp³-hybridized carbons (Fsp3) is 0.300. The second-order valence-electron chi connectivity index (χ2n) is 10.9. The van der Waals surface area contributed by atoms with Crippen molar-refractivity contribution in [2.24, 2.45) is 7.05 Å². The third-order valence-electron chi connectivity index (χ3n) is 7.32. The number of aromatic nitrogens is 2. The number of hydrogen-bond acceptors (Lipinski definition) is 5. The van der Waals surface area contributed by atoms with Crippen LogP contribution in [0, 0.1) is 0 Å². The Kier molecular flexibility index (Phi) is 5.54. The van der Waals surface area contributed by atoms with Crippen molar-refractivity contribution < 1.29 is 24.0 Å². The molecule has 0 bridgehead atoms. The summed E-state index contributed by atoms with van der Waals surface area (Å²) in [6.45, 7) is 5.73. The quantitative estimate of drug-likeness (QED) is 0.171. The number of para-hydroxylation sites is 1. The van der Waals surface area contributed by atoms with Crippen LogP contribution in [0.15, 0.2) is 54.9 Å². The van der Waals surface area contributed by atoms with Gasteiger partial charge in [0, 0.05) is 53.6 Å². The van der Waals surface area contributed by atoms with Gasteiger partial charge in [0.15, 0.2) is 0 Å². The number of aryl methyl sites for hydroxylation is 1. The van der Waals surface area contributed by atoms with Gasteiger partial charge in [-0.05, 0) is 57.4 Å². The highest BCUT2D eigenvalue weighted by Gasteiger charge is 2.41. The lowest BCUT2D eigenvalue weighted by molar-refractivity contribution is -0.233. The summed E-state index contributed by atoms with van der Waals surface area (Å²) in [5, 5.41) is 2.30. The molecule has 0 saturated carbocycles. The average Bonchev–Trinajstić information content (AvgIpc) is 3.49. The van der Waals surface area contributed by atoms with Gasteiger partial charge in [-0.2, -0.15) is 0 Å². The van der Waals surface area contributed by atoms with Crippen LogP contribution in [-0.4, -0.2) is 44.0 Å². The molecule has 1 aromatic carbocycles. The van der Waals surface area contributed by atoms with Gasteiger partial charge < -0.3 is 13.7 Å². The number of carbonyl (C=O) groups is 3. The molecule has 1 atom stereocenters. The molecule has 0 saturated heterocycles. The van der Waals surface area contributed by atoms with E-state index in [1.807, 2.05) is 87.2 Å². The first-order chi connectivity index (χ1) is 18.2. The highest BCUT2D eigenvalue weighted by atomic mass is 16.7. The second kappa shape index (κ2) is 8.70. The lowest BCUT2D eigenvalue weighted by Crippen LogP contribution is -2.43. The molecule has 8 heteroatoms. The first kappa shape index (κ1) is 24.2. The van der Waals surface area contributed by atoms with Crippen molar-refractivity contribution >= 4 is 45.9 Å². The normalized spacial score (nSPS) is 17.8. The number of ether oxygens (including phenoxy) is 1. The van der Waals surface area contributed by atoms with Crippen LogP contribution in [0.5, 0.6) is 0 Å². The predicted molar refractivity (Wildman–Crippen MR) is 143 cm³/mol. The van der Waals surface area contributed by atoms with Crippen LogP contribution in [0.25, 0.3) is 27.6 Å².